The molecule has 2 aromatic carbocycles. The summed E-state index contributed by atoms with van der Waals surface area (Å²) in [6.45, 7) is 1.59. The zero-order valence-electron chi connectivity index (χ0n) is 15.3. The highest BCUT2D eigenvalue weighted by Gasteiger charge is 2.30. The lowest BCUT2D eigenvalue weighted by Crippen LogP contribution is -2.48. The second kappa shape index (κ2) is 8.54. The van der Waals surface area contributed by atoms with Crippen LogP contribution in [-0.4, -0.2) is 49.5 Å². The Balaban J connectivity index is 1.60. The number of halogens is 2. The van der Waals surface area contributed by atoms with Crippen molar-refractivity contribution in [2.45, 2.75) is 25.2 Å². The van der Waals surface area contributed by atoms with E-state index in [4.69, 9.17) is 14.2 Å². The number of likely N-dealkylation sites (tertiary alicyclic amines) is 1. The molecule has 3 rings (SSSR count). The molecule has 1 aliphatic rings. The third kappa shape index (κ3) is 4.67. The van der Waals surface area contributed by atoms with Crippen LogP contribution >= 0.6 is 0 Å². The Bertz CT molecular complexity index is 787. The van der Waals surface area contributed by atoms with E-state index in [2.05, 4.69) is 0 Å². The SMILES string of the molecule is COc1ccc(CN2CC[C@@H](Oc3ccc(F)cc3OC)[C@H](O)C2)cc1F. The van der Waals surface area contributed by atoms with Crippen molar-refractivity contribution in [3.05, 3.63) is 53.6 Å². The Morgan fingerprint density at radius 1 is 1.04 bits per heavy atom. The topological polar surface area (TPSA) is 51.2 Å². The molecule has 1 heterocycles. The van der Waals surface area contributed by atoms with Crippen LogP contribution in [0.5, 0.6) is 17.2 Å². The molecular formula is C20H23F2NO4. The predicted octanol–water partition coefficient (Wildman–Crippen LogP) is 3.00. The van der Waals surface area contributed by atoms with Crippen molar-refractivity contribution in [1.29, 1.82) is 0 Å². The van der Waals surface area contributed by atoms with Crippen LogP contribution in [0.15, 0.2) is 36.4 Å². The molecule has 1 aliphatic heterocycles. The molecule has 0 bridgehead atoms. The summed E-state index contributed by atoms with van der Waals surface area (Å²) in [6, 6.07) is 8.87. The first-order chi connectivity index (χ1) is 13.0. The molecule has 0 radical (unpaired) electrons. The van der Waals surface area contributed by atoms with Crippen molar-refractivity contribution < 1.29 is 28.1 Å². The van der Waals surface area contributed by atoms with Crippen LogP contribution in [0, 0.1) is 11.6 Å². The van der Waals surface area contributed by atoms with E-state index in [1.807, 2.05) is 4.90 Å². The fourth-order valence-corrected chi connectivity index (χ4v) is 3.22. The number of ether oxygens (including phenoxy) is 3. The molecular weight excluding hydrogens is 356 g/mol. The third-order valence-electron chi connectivity index (χ3n) is 4.63. The standard InChI is InChI=1S/C20H23F2NO4/c1-25-17-5-3-13(9-15(17)22)11-23-8-7-18(16(24)12-23)27-19-6-4-14(21)10-20(19)26-2/h3-6,9-10,16,18,24H,7-8,11-12H2,1-2H3/t16-,18-/m1/s1. The molecule has 2 aromatic rings. The van der Waals surface area contributed by atoms with Crippen molar-refractivity contribution in [1.82, 2.24) is 4.90 Å². The van der Waals surface area contributed by atoms with Gasteiger partial charge in [-0.1, -0.05) is 6.07 Å². The second-order valence-corrected chi connectivity index (χ2v) is 6.51. The Kier molecular flexibility index (Phi) is 6.13. The van der Waals surface area contributed by atoms with Gasteiger partial charge < -0.3 is 19.3 Å². The molecule has 1 N–H and O–H groups in total. The summed E-state index contributed by atoms with van der Waals surface area (Å²) >= 11 is 0. The zero-order chi connectivity index (χ0) is 19.4. The van der Waals surface area contributed by atoms with Gasteiger partial charge in [-0.25, -0.2) is 8.78 Å². The van der Waals surface area contributed by atoms with Gasteiger partial charge in [-0.3, -0.25) is 4.90 Å². The van der Waals surface area contributed by atoms with Gasteiger partial charge in [0.2, 0.25) is 0 Å². The minimum atomic E-state index is -0.725. The summed E-state index contributed by atoms with van der Waals surface area (Å²) in [4.78, 5) is 2.04. The highest BCUT2D eigenvalue weighted by molar-refractivity contribution is 5.40. The minimum Gasteiger partial charge on any atom is -0.494 e. The van der Waals surface area contributed by atoms with E-state index < -0.39 is 23.8 Å². The predicted molar refractivity (Wildman–Crippen MR) is 96.2 cm³/mol. The number of piperidine rings is 1. The van der Waals surface area contributed by atoms with Crippen LogP contribution in [0.2, 0.25) is 0 Å². The Morgan fingerprint density at radius 3 is 2.44 bits per heavy atom. The molecule has 1 saturated heterocycles. The van der Waals surface area contributed by atoms with Gasteiger partial charge in [-0.15, -0.1) is 0 Å². The number of hydrogen-bond donors (Lipinski definition) is 1. The van der Waals surface area contributed by atoms with Gasteiger partial charge in [0, 0.05) is 25.7 Å². The van der Waals surface area contributed by atoms with E-state index in [1.54, 1.807) is 12.1 Å². The minimum absolute atomic E-state index is 0.208. The van der Waals surface area contributed by atoms with Crippen LogP contribution in [0.1, 0.15) is 12.0 Å². The normalized spacial score (nSPS) is 20.3. The van der Waals surface area contributed by atoms with Crippen LogP contribution in [0.3, 0.4) is 0 Å². The van der Waals surface area contributed by atoms with Crippen molar-refractivity contribution in [2.75, 3.05) is 27.3 Å². The highest BCUT2D eigenvalue weighted by atomic mass is 19.1. The number of nitrogens with zero attached hydrogens (tertiary/aromatic N) is 1. The second-order valence-electron chi connectivity index (χ2n) is 6.51. The van der Waals surface area contributed by atoms with Crippen LogP contribution in [0.4, 0.5) is 8.78 Å². The quantitative estimate of drug-likeness (QED) is 0.836. The Hall–Kier alpha value is -2.38. The van der Waals surface area contributed by atoms with Gasteiger partial charge in [-0.2, -0.15) is 0 Å². The number of benzene rings is 2. The molecule has 0 unspecified atom stereocenters. The van der Waals surface area contributed by atoms with E-state index in [0.29, 0.717) is 37.6 Å². The smallest absolute Gasteiger partial charge is 0.165 e. The number of aliphatic hydroxyl groups excluding tert-OH is 1. The number of β-amino-alcohol motifs (C(OH)–C–C–N with tert-alkyl or cyclic N) is 1. The van der Waals surface area contributed by atoms with E-state index in [9.17, 15) is 13.9 Å². The first-order valence-electron chi connectivity index (χ1n) is 8.73. The lowest BCUT2D eigenvalue weighted by Gasteiger charge is -2.36. The van der Waals surface area contributed by atoms with Crippen molar-refractivity contribution >= 4 is 0 Å². The van der Waals surface area contributed by atoms with E-state index in [0.717, 1.165) is 5.56 Å². The van der Waals surface area contributed by atoms with Crippen molar-refractivity contribution in [2.24, 2.45) is 0 Å². The maximum Gasteiger partial charge on any atom is 0.165 e. The fraction of sp³-hybridized carbons (Fsp3) is 0.400. The average molecular weight is 379 g/mol. The number of aliphatic hydroxyl groups is 1. The molecule has 7 heteroatoms. The fourth-order valence-electron chi connectivity index (χ4n) is 3.22. The molecule has 0 saturated carbocycles. The molecule has 0 aromatic heterocycles. The first kappa shape index (κ1) is 19.4. The van der Waals surface area contributed by atoms with Gasteiger partial charge >= 0.3 is 0 Å². The molecule has 0 aliphatic carbocycles. The van der Waals surface area contributed by atoms with Gasteiger partial charge in [-0.05, 0) is 36.2 Å². The van der Waals surface area contributed by atoms with E-state index >= 15 is 0 Å². The summed E-state index contributed by atoms with van der Waals surface area (Å²) in [6.07, 6.45) is -0.565. The summed E-state index contributed by atoms with van der Waals surface area (Å²) < 4.78 is 43.0. The van der Waals surface area contributed by atoms with Crippen LogP contribution in [0.25, 0.3) is 0 Å². The first-order valence-corrected chi connectivity index (χ1v) is 8.73. The zero-order valence-corrected chi connectivity index (χ0v) is 15.3. The molecule has 5 nitrogen and oxygen atoms in total. The summed E-state index contributed by atoms with van der Waals surface area (Å²) in [5, 5.41) is 10.5. The largest absolute Gasteiger partial charge is 0.494 e. The van der Waals surface area contributed by atoms with E-state index in [-0.39, 0.29) is 5.75 Å². The summed E-state index contributed by atoms with van der Waals surface area (Å²) in [7, 11) is 2.87. The van der Waals surface area contributed by atoms with Gasteiger partial charge in [0.1, 0.15) is 18.0 Å². The monoisotopic (exact) mass is 379 g/mol. The third-order valence-corrected chi connectivity index (χ3v) is 4.63. The maximum atomic E-state index is 13.8. The number of hydrogen-bond acceptors (Lipinski definition) is 5. The van der Waals surface area contributed by atoms with Gasteiger partial charge in [0.05, 0.1) is 14.2 Å². The molecule has 146 valence electrons. The summed E-state index contributed by atoms with van der Waals surface area (Å²) in [5.74, 6) is 0.0737. The van der Waals surface area contributed by atoms with Crippen molar-refractivity contribution in [3.8, 4) is 17.2 Å². The lowest BCUT2D eigenvalue weighted by atomic mass is 10.0. The molecule has 27 heavy (non-hydrogen) atoms. The van der Waals surface area contributed by atoms with Crippen LogP contribution in [-0.2, 0) is 6.54 Å². The lowest BCUT2D eigenvalue weighted by molar-refractivity contribution is -0.0283. The van der Waals surface area contributed by atoms with E-state index in [1.165, 1.54) is 38.5 Å². The number of rotatable bonds is 6. The molecule has 0 spiro atoms. The average Bonchev–Trinajstić information content (AvgIpc) is 2.65. The van der Waals surface area contributed by atoms with Crippen molar-refractivity contribution in [3.63, 3.8) is 0 Å². The maximum absolute atomic E-state index is 13.8. The number of methoxy groups -OCH3 is 2. The summed E-state index contributed by atoms with van der Waals surface area (Å²) in [5.41, 5.74) is 0.806. The highest BCUT2D eigenvalue weighted by Crippen LogP contribution is 2.30. The van der Waals surface area contributed by atoms with Gasteiger partial charge in [0.25, 0.3) is 0 Å². The Labute approximate surface area is 157 Å². The molecule has 1 fully saturated rings. The van der Waals surface area contributed by atoms with Gasteiger partial charge in [0.15, 0.2) is 23.1 Å². The molecule has 2 atom stereocenters. The van der Waals surface area contributed by atoms with Crippen LogP contribution < -0.4 is 14.2 Å². The Morgan fingerprint density at radius 2 is 1.78 bits per heavy atom. The molecule has 0 amide bonds.